The van der Waals surface area contributed by atoms with Gasteiger partial charge in [-0.2, -0.15) is 0 Å². The van der Waals surface area contributed by atoms with Gasteiger partial charge in [0.1, 0.15) is 11.5 Å². The van der Waals surface area contributed by atoms with Crippen molar-refractivity contribution in [3.63, 3.8) is 0 Å². The van der Waals surface area contributed by atoms with Crippen molar-refractivity contribution >= 4 is 34.0 Å². The van der Waals surface area contributed by atoms with Crippen molar-refractivity contribution in [1.29, 1.82) is 0 Å². The monoisotopic (exact) mass is 289 g/mol. The first-order valence-corrected chi connectivity index (χ1v) is 7.10. The highest BCUT2D eigenvalue weighted by Gasteiger charge is 2.09. The molecule has 1 atom stereocenters. The van der Waals surface area contributed by atoms with E-state index in [9.17, 15) is 4.79 Å². The zero-order valence-corrected chi connectivity index (χ0v) is 12.5. The van der Waals surface area contributed by atoms with Gasteiger partial charge in [0.15, 0.2) is 0 Å². The number of carbonyl (C=O) groups is 1. The first-order valence-electron chi connectivity index (χ1n) is 6.69. The zero-order chi connectivity index (χ0) is 14.7. The lowest BCUT2D eigenvalue weighted by atomic mass is 10.1. The molecule has 1 unspecified atom stereocenters. The van der Waals surface area contributed by atoms with Crippen LogP contribution in [0.1, 0.15) is 25.8 Å². The van der Waals surface area contributed by atoms with E-state index in [-0.39, 0.29) is 11.9 Å². The van der Waals surface area contributed by atoms with E-state index in [4.69, 9.17) is 18.0 Å². The van der Waals surface area contributed by atoms with Gasteiger partial charge < -0.3 is 15.6 Å². The van der Waals surface area contributed by atoms with Crippen molar-refractivity contribution in [2.75, 3.05) is 0 Å². The minimum atomic E-state index is 0.0234. The molecular formula is C15H19N3OS. The summed E-state index contributed by atoms with van der Waals surface area (Å²) in [5.41, 5.74) is 7.47. The third-order valence-electron chi connectivity index (χ3n) is 3.39. The number of carbonyl (C=O) groups excluding carboxylic acids is 1. The fraction of sp³-hybridized carbons (Fsp3) is 0.333. The summed E-state index contributed by atoms with van der Waals surface area (Å²) in [6.45, 7) is 4.37. The molecule has 0 spiro atoms. The summed E-state index contributed by atoms with van der Waals surface area (Å²) in [6.07, 6.45) is 2.83. The molecule has 0 aliphatic rings. The van der Waals surface area contributed by atoms with Crippen LogP contribution < -0.4 is 11.1 Å². The summed E-state index contributed by atoms with van der Waals surface area (Å²) in [7, 11) is 0. The molecule has 2 rings (SSSR count). The van der Waals surface area contributed by atoms with Gasteiger partial charge in [0.2, 0.25) is 5.91 Å². The maximum Gasteiger partial charge on any atom is 0.240 e. The van der Waals surface area contributed by atoms with Crippen molar-refractivity contribution in [3.05, 3.63) is 36.0 Å². The van der Waals surface area contributed by atoms with E-state index in [1.807, 2.05) is 48.9 Å². The summed E-state index contributed by atoms with van der Waals surface area (Å²) in [5, 5.41) is 4.00. The molecular weight excluding hydrogens is 270 g/mol. The number of nitrogens with zero attached hydrogens (tertiary/aromatic N) is 1. The van der Waals surface area contributed by atoms with Gasteiger partial charge in [0.05, 0.1) is 0 Å². The summed E-state index contributed by atoms with van der Waals surface area (Å²) in [5.74, 6) is 0.0234. The molecule has 0 radical (unpaired) electrons. The molecule has 0 fully saturated rings. The third-order valence-corrected chi connectivity index (χ3v) is 3.62. The molecule has 1 heterocycles. The van der Waals surface area contributed by atoms with Crippen LogP contribution in [0.25, 0.3) is 10.9 Å². The maximum absolute atomic E-state index is 11.9. The van der Waals surface area contributed by atoms with E-state index in [1.54, 1.807) is 0 Å². The largest absolute Gasteiger partial charge is 0.389 e. The summed E-state index contributed by atoms with van der Waals surface area (Å²) in [6, 6.07) is 7.94. The summed E-state index contributed by atoms with van der Waals surface area (Å²) < 4.78 is 1.93. The molecule has 5 heteroatoms. The van der Waals surface area contributed by atoms with Crippen molar-refractivity contribution < 1.29 is 4.79 Å². The Balaban J connectivity index is 2.19. The fourth-order valence-corrected chi connectivity index (χ4v) is 2.20. The van der Waals surface area contributed by atoms with E-state index in [0.717, 1.165) is 22.9 Å². The molecule has 0 saturated heterocycles. The molecule has 1 aromatic carbocycles. The second kappa shape index (κ2) is 6.05. The first-order chi connectivity index (χ1) is 9.51. The van der Waals surface area contributed by atoms with Gasteiger partial charge in [0.25, 0.3) is 0 Å². The normalized spacial score (nSPS) is 12.3. The van der Waals surface area contributed by atoms with E-state index in [0.29, 0.717) is 11.5 Å². The molecule has 106 valence electrons. The van der Waals surface area contributed by atoms with Crippen LogP contribution in [0.3, 0.4) is 0 Å². The molecule has 1 amide bonds. The highest BCUT2D eigenvalue weighted by atomic mass is 32.1. The van der Waals surface area contributed by atoms with Crippen LogP contribution >= 0.6 is 12.2 Å². The molecule has 20 heavy (non-hydrogen) atoms. The topological polar surface area (TPSA) is 60.0 Å². The van der Waals surface area contributed by atoms with Crippen LogP contribution in [0, 0.1) is 0 Å². The van der Waals surface area contributed by atoms with Crippen LogP contribution in [0.4, 0.5) is 0 Å². The molecule has 3 N–H and O–H groups in total. The van der Waals surface area contributed by atoms with Gasteiger partial charge in [-0.05, 0) is 37.6 Å². The Kier molecular flexibility index (Phi) is 4.39. The first kappa shape index (κ1) is 14.5. The van der Waals surface area contributed by atoms with E-state index < -0.39 is 0 Å². The number of nitrogens with one attached hydrogen (secondary N) is 1. The Bertz CT molecular complexity index is 648. The number of amides is 1. The third kappa shape index (κ3) is 3.17. The molecule has 2 aromatic rings. The minimum absolute atomic E-state index is 0.0234. The van der Waals surface area contributed by atoms with Crippen LogP contribution in [-0.4, -0.2) is 21.5 Å². The Morgan fingerprint density at radius 2 is 2.20 bits per heavy atom. The van der Waals surface area contributed by atoms with E-state index in [1.165, 1.54) is 0 Å². The number of benzene rings is 1. The highest BCUT2D eigenvalue weighted by molar-refractivity contribution is 7.80. The van der Waals surface area contributed by atoms with Crippen LogP contribution in [0.15, 0.2) is 30.5 Å². The number of hydrogen-bond donors (Lipinski definition) is 2. The van der Waals surface area contributed by atoms with Crippen molar-refractivity contribution in [2.45, 2.75) is 32.9 Å². The number of fused-ring (bicyclic) bond motifs is 1. The Morgan fingerprint density at radius 3 is 2.85 bits per heavy atom. The number of nitrogens with two attached hydrogens (primary N) is 1. The van der Waals surface area contributed by atoms with Crippen molar-refractivity contribution in [3.8, 4) is 0 Å². The zero-order valence-electron chi connectivity index (χ0n) is 11.7. The quantitative estimate of drug-likeness (QED) is 0.830. The second-order valence-corrected chi connectivity index (χ2v) is 5.40. The van der Waals surface area contributed by atoms with Crippen molar-refractivity contribution in [1.82, 2.24) is 9.88 Å². The molecule has 4 nitrogen and oxygen atoms in total. The average Bonchev–Trinajstić information content (AvgIpc) is 2.80. The number of hydrogen-bond acceptors (Lipinski definition) is 2. The van der Waals surface area contributed by atoms with Gasteiger partial charge in [-0.25, -0.2) is 0 Å². The Morgan fingerprint density at radius 1 is 1.45 bits per heavy atom. The van der Waals surface area contributed by atoms with E-state index in [2.05, 4.69) is 5.32 Å². The Labute approximate surface area is 123 Å². The van der Waals surface area contributed by atoms with Crippen molar-refractivity contribution in [2.24, 2.45) is 5.73 Å². The molecule has 0 aliphatic carbocycles. The van der Waals surface area contributed by atoms with Crippen LogP contribution in [0.2, 0.25) is 0 Å². The fourth-order valence-electron chi connectivity index (χ4n) is 2.07. The predicted octanol–water partition coefficient (Wildman–Crippen LogP) is 2.19. The number of aromatic nitrogens is 1. The van der Waals surface area contributed by atoms with Gasteiger partial charge in [-0.3, -0.25) is 4.79 Å². The molecule has 0 bridgehead atoms. The molecule has 0 saturated carbocycles. The standard InChI is InChI=1S/C15H19N3OS/c1-3-10(2)17-14(19)9-18-7-6-11-8-12(15(16)20)4-5-13(11)18/h4-8,10H,3,9H2,1-2H3,(H2,16,20)(H,17,19). The lowest BCUT2D eigenvalue weighted by Gasteiger charge is -2.12. The van der Waals surface area contributed by atoms with Gasteiger partial charge in [0, 0.05) is 28.7 Å². The lowest BCUT2D eigenvalue weighted by Crippen LogP contribution is -2.34. The maximum atomic E-state index is 11.9. The summed E-state index contributed by atoms with van der Waals surface area (Å²) in [4.78, 5) is 12.3. The number of rotatable bonds is 5. The number of thiocarbonyl (C=S) groups is 1. The van der Waals surface area contributed by atoms with E-state index >= 15 is 0 Å². The minimum Gasteiger partial charge on any atom is -0.389 e. The second-order valence-electron chi connectivity index (χ2n) is 4.96. The molecule has 0 aliphatic heterocycles. The molecule has 1 aromatic heterocycles. The predicted molar refractivity (Wildman–Crippen MR) is 85.7 cm³/mol. The lowest BCUT2D eigenvalue weighted by molar-refractivity contribution is -0.122. The highest BCUT2D eigenvalue weighted by Crippen LogP contribution is 2.17. The average molecular weight is 289 g/mol. The SMILES string of the molecule is CCC(C)NC(=O)Cn1ccc2cc(C(N)=S)ccc21. The van der Waals surface area contributed by atoms with Gasteiger partial charge in [-0.1, -0.05) is 19.1 Å². The Hall–Kier alpha value is -1.88. The van der Waals surface area contributed by atoms with Gasteiger partial charge >= 0.3 is 0 Å². The van der Waals surface area contributed by atoms with Crippen LogP contribution in [0.5, 0.6) is 0 Å². The van der Waals surface area contributed by atoms with Crippen LogP contribution in [-0.2, 0) is 11.3 Å². The van der Waals surface area contributed by atoms with Gasteiger partial charge in [-0.15, -0.1) is 0 Å². The summed E-state index contributed by atoms with van der Waals surface area (Å²) >= 11 is 4.97. The smallest absolute Gasteiger partial charge is 0.240 e.